The Morgan fingerprint density at radius 3 is 2.80 bits per heavy atom. The monoisotopic (exact) mass is 360 g/mol. The van der Waals surface area contributed by atoms with E-state index in [2.05, 4.69) is 22.2 Å². The third-order valence-electron chi connectivity index (χ3n) is 3.36. The van der Waals surface area contributed by atoms with Crippen LogP contribution < -0.4 is 16.2 Å². The van der Waals surface area contributed by atoms with Gasteiger partial charge in [0, 0.05) is 13.1 Å². The van der Waals surface area contributed by atoms with Crippen LogP contribution in [0.4, 0.5) is 4.79 Å². The zero-order chi connectivity index (χ0) is 18.4. The number of carbonyl (C=O) groups excluding carboxylic acids is 2. The standard InChI is InChI=1S/C17H20N4O3S/c1-4-10-21-15(23)12-8-6-7-9-13(12)19-17(21)25-11(3)14(22)20-16(24)18-5-2/h4,6-9,11H,1,5,10H2,2-3H3,(H2,18,20,22,24)/t11-/m1/s1. The lowest BCUT2D eigenvalue weighted by molar-refractivity contribution is -0.119. The molecule has 0 fully saturated rings. The SMILES string of the molecule is C=CCn1c(S[C@H](C)C(=O)NC(=O)NCC)nc2ccccc2c1=O. The first-order valence-electron chi connectivity index (χ1n) is 7.83. The van der Waals surface area contributed by atoms with Crippen LogP contribution in [0.2, 0.25) is 0 Å². The summed E-state index contributed by atoms with van der Waals surface area (Å²) >= 11 is 1.12. The van der Waals surface area contributed by atoms with E-state index in [0.717, 1.165) is 11.8 Å². The number of para-hydroxylation sites is 1. The Labute approximate surface area is 149 Å². The number of urea groups is 1. The lowest BCUT2D eigenvalue weighted by Crippen LogP contribution is -2.42. The molecule has 2 aromatic rings. The molecule has 25 heavy (non-hydrogen) atoms. The Balaban J connectivity index is 2.31. The lowest BCUT2D eigenvalue weighted by atomic mass is 10.2. The second kappa shape index (κ2) is 8.48. The average Bonchev–Trinajstić information content (AvgIpc) is 2.58. The Morgan fingerprint density at radius 1 is 1.40 bits per heavy atom. The summed E-state index contributed by atoms with van der Waals surface area (Å²) in [6.45, 7) is 7.78. The maximum absolute atomic E-state index is 12.7. The summed E-state index contributed by atoms with van der Waals surface area (Å²) in [6.07, 6.45) is 1.60. The van der Waals surface area contributed by atoms with Gasteiger partial charge in [-0.1, -0.05) is 30.0 Å². The number of carbonyl (C=O) groups is 2. The molecule has 0 unspecified atom stereocenters. The molecule has 3 amide bonds. The van der Waals surface area contributed by atoms with Gasteiger partial charge in [-0.25, -0.2) is 9.78 Å². The molecule has 0 aliphatic heterocycles. The Kier molecular flexibility index (Phi) is 6.35. The second-order valence-corrected chi connectivity index (χ2v) is 6.53. The van der Waals surface area contributed by atoms with Crippen molar-refractivity contribution in [1.29, 1.82) is 0 Å². The summed E-state index contributed by atoms with van der Waals surface area (Å²) in [7, 11) is 0. The first kappa shape index (κ1) is 18.7. The Hall–Kier alpha value is -2.61. The third kappa shape index (κ3) is 4.48. The smallest absolute Gasteiger partial charge is 0.321 e. The molecule has 8 heteroatoms. The van der Waals surface area contributed by atoms with Crippen LogP contribution in [0.25, 0.3) is 10.9 Å². The van der Waals surface area contributed by atoms with Gasteiger partial charge in [-0.05, 0) is 26.0 Å². The zero-order valence-electron chi connectivity index (χ0n) is 14.1. The second-order valence-electron chi connectivity index (χ2n) is 5.22. The van der Waals surface area contributed by atoms with Gasteiger partial charge in [0.25, 0.3) is 5.56 Å². The molecule has 132 valence electrons. The first-order chi connectivity index (χ1) is 12.0. The lowest BCUT2D eigenvalue weighted by Gasteiger charge is -2.15. The molecular formula is C17H20N4O3S. The summed E-state index contributed by atoms with van der Waals surface area (Å²) in [5.74, 6) is -0.455. The van der Waals surface area contributed by atoms with Crippen LogP contribution in [0.1, 0.15) is 13.8 Å². The van der Waals surface area contributed by atoms with E-state index in [1.165, 1.54) is 4.57 Å². The summed E-state index contributed by atoms with van der Waals surface area (Å²) in [6, 6.07) is 6.49. The van der Waals surface area contributed by atoms with Gasteiger partial charge in [0.05, 0.1) is 16.2 Å². The third-order valence-corrected chi connectivity index (χ3v) is 4.45. The number of aromatic nitrogens is 2. The first-order valence-corrected chi connectivity index (χ1v) is 8.71. The Bertz CT molecular complexity index is 863. The highest BCUT2D eigenvalue weighted by molar-refractivity contribution is 8.00. The van der Waals surface area contributed by atoms with Gasteiger partial charge in [0.1, 0.15) is 0 Å². The van der Waals surface area contributed by atoms with Crippen LogP contribution in [-0.4, -0.2) is 33.3 Å². The van der Waals surface area contributed by atoms with Crippen LogP contribution in [-0.2, 0) is 11.3 Å². The van der Waals surface area contributed by atoms with Crippen molar-refractivity contribution in [2.75, 3.05) is 6.54 Å². The van der Waals surface area contributed by atoms with Gasteiger partial charge in [-0.2, -0.15) is 0 Å². The topological polar surface area (TPSA) is 93.1 Å². The number of allylic oxidation sites excluding steroid dienone is 1. The van der Waals surface area contributed by atoms with Crippen molar-refractivity contribution in [3.8, 4) is 0 Å². The molecule has 0 aliphatic rings. The van der Waals surface area contributed by atoms with Crippen molar-refractivity contribution in [2.24, 2.45) is 0 Å². The van der Waals surface area contributed by atoms with E-state index in [1.807, 2.05) is 0 Å². The number of thioether (sulfide) groups is 1. The highest BCUT2D eigenvalue weighted by Crippen LogP contribution is 2.22. The largest absolute Gasteiger partial charge is 0.338 e. The zero-order valence-corrected chi connectivity index (χ0v) is 14.9. The van der Waals surface area contributed by atoms with Crippen molar-refractivity contribution in [3.63, 3.8) is 0 Å². The summed E-state index contributed by atoms with van der Waals surface area (Å²) in [5, 5.41) is 5.06. The fraction of sp³-hybridized carbons (Fsp3) is 0.294. The number of imide groups is 1. The number of nitrogens with one attached hydrogen (secondary N) is 2. The van der Waals surface area contributed by atoms with E-state index >= 15 is 0 Å². The van der Waals surface area contributed by atoms with Gasteiger partial charge >= 0.3 is 6.03 Å². The van der Waals surface area contributed by atoms with E-state index in [1.54, 1.807) is 44.2 Å². The molecule has 2 rings (SSSR count). The number of amides is 3. The highest BCUT2D eigenvalue weighted by atomic mass is 32.2. The maximum Gasteiger partial charge on any atom is 0.321 e. The number of nitrogens with zero attached hydrogens (tertiary/aromatic N) is 2. The highest BCUT2D eigenvalue weighted by Gasteiger charge is 2.20. The van der Waals surface area contributed by atoms with Crippen molar-refractivity contribution < 1.29 is 9.59 Å². The van der Waals surface area contributed by atoms with Crippen LogP contribution >= 0.6 is 11.8 Å². The minimum absolute atomic E-state index is 0.190. The molecule has 2 N–H and O–H groups in total. The molecule has 1 heterocycles. The molecule has 0 spiro atoms. The van der Waals surface area contributed by atoms with Gasteiger partial charge in [0.15, 0.2) is 5.16 Å². The van der Waals surface area contributed by atoms with E-state index in [9.17, 15) is 14.4 Å². The fourth-order valence-electron chi connectivity index (χ4n) is 2.16. The van der Waals surface area contributed by atoms with Crippen LogP contribution in [0.3, 0.4) is 0 Å². The van der Waals surface area contributed by atoms with Crippen molar-refractivity contribution in [3.05, 3.63) is 47.3 Å². The van der Waals surface area contributed by atoms with E-state index in [-0.39, 0.29) is 12.1 Å². The predicted molar refractivity (Wildman–Crippen MR) is 98.7 cm³/mol. The van der Waals surface area contributed by atoms with Crippen molar-refractivity contribution in [1.82, 2.24) is 20.2 Å². The number of fused-ring (bicyclic) bond motifs is 1. The van der Waals surface area contributed by atoms with Crippen LogP contribution in [0.5, 0.6) is 0 Å². The average molecular weight is 360 g/mol. The van der Waals surface area contributed by atoms with Crippen LogP contribution in [0, 0.1) is 0 Å². The molecular weight excluding hydrogens is 340 g/mol. The number of hydrogen-bond donors (Lipinski definition) is 2. The predicted octanol–water partition coefficient (Wildman–Crippen LogP) is 1.91. The van der Waals surface area contributed by atoms with Gasteiger partial charge in [-0.15, -0.1) is 6.58 Å². The number of rotatable bonds is 6. The summed E-state index contributed by atoms with van der Waals surface area (Å²) < 4.78 is 1.47. The van der Waals surface area contributed by atoms with E-state index < -0.39 is 17.2 Å². The molecule has 1 atom stereocenters. The minimum atomic E-state index is -0.605. The molecule has 1 aromatic carbocycles. The summed E-state index contributed by atoms with van der Waals surface area (Å²) in [4.78, 5) is 40.7. The molecule has 0 radical (unpaired) electrons. The van der Waals surface area contributed by atoms with E-state index in [4.69, 9.17) is 0 Å². The fourth-order valence-corrected chi connectivity index (χ4v) is 3.08. The normalized spacial score (nSPS) is 11.8. The quantitative estimate of drug-likeness (QED) is 0.466. The van der Waals surface area contributed by atoms with Crippen LogP contribution in [0.15, 0.2) is 46.9 Å². The maximum atomic E-state index is 12.7. The molecule has 0 aliphatic carbocycles. The van der Waals surface area contributed by atoms with Crippen molar-refractivity contribution >= 4 is 34.6 Å². The Morgan fingerprint density at radius 2 is 2.12 bits per heavy atom. The van der Waals surface area contributed by atoms with Gasteiger partial charge in [-0.3, -0.25) is 19.5 Å². The number of hydrogen-bond acceptors (Lipinski definition) is 5. The van der Waals surface area contributed by atoms with Crippen molar-refractivity contribution in [2.45, 2.75) is 30.8 Å². The van der Waals surface area contributed by atoms with E-state index in [0.29, 0.717) is 22.6 Å². The molecule has 0 saturated carbocycles. The molecule has 0 bridgehead atoms. The molecule has 1 aromatic heterocycles. The molecule has 7 nitrogen and oxygen atoms in total. The number of benzene rings is 1. The molecule has 0 saturated heterocycles. The summed E-state index contributed by atoms with van der Waals surface area (Å²) in [5.41, 5.74) is 0.371. The van der Waals surface area contributed by atoms with Gasteiger partial charge in [0.2, 0.25) is 5.91 Å². The minimum Gasteiger partial charge on any atom is -0.338 e. The van der Waals surface area contributed by atoms with Gasteiger partial charge < -0.3 is 5.32 Å².